The standard InChI is InChI=1S/C30H20BrNS2/c31-30-28(33-22-11-3-1-4-12-22)19-21(20-29(30)34-23-13-5-2-6-14-23)32-26-17-9-7-15-24(26)25-16-8-10-18-27(25)32/h1-20H. The lowest BCUT2D eigenvalue weighted by Gasteiger charge is -2.15. The molecule has 1 aromatic heterocycles. The summed E-state index contributed by atoms with van der Waals surface area (Å²) in [5.74, 6) is 0. The third-order valence-electron chi connectivity index (χ3n) is 5.77. The summed E-state index contributed by atoms with van der Waals surface area (Å²) in [6.07, 6.45) is 0. The quantitative estimate of drug-likeness (QED) is 0.215. The van der Waals surface area contributed by atoms with Crippen molar-refractivity contribution >= 4 is 61.3 Å². The summed E-state index contributed by atoms with van der Waals surface area (Å²) in [6, 6.07) is 43.1. The summed E-state index contributed by atoms with van der Waals surface area (Å²) in [6.45, 7) is 0. The first-order valence-corrected chi connectivity index (χ1v) is 13.5. The molecule has 0 bridgehead atoms. The molecule has 34 heavy (non-hydrogen) atoms. The van der Waals surface area contributed by atoms with Gasteiger partial charge in [-0.25, -0.2) is 0 Å². The minimum absolute atomic E-state index is 1.12. The van der Waals surface area contributed by atoms with E-state index in [0.717, 1.165) is 10.2 Å². The Morgan fingerprint density at radius 3 is 1.38 bits per heavy atom. The van der Waals surface area contributed by atoms with Crippen molar-refractivity contribution in [3.63, 3.8) is 0 Å². The van der Waals surface area contributed by atoms with Crippen LogP contribution in [0.2, 0.25) is 0 Å². The smallest absolute Gasteiger partial charge is 0.0541 e. The van der Waals surface area contributed by atoms with E-state index in [0.29, 0.717) is 0 Å². The van der Waals surface area contributed by atoms with E-state index < -0.39 is 0 Å². The Bertz CT molecular complexity index is 1490. The SMILES string of the molecule is Brc1c(Sc2ccccc2)cc(-n2c3ccccc3c3ccccc32)cc1Sc1ccccc1. The largest absolute Gasteiger partial charge is 0.309 e. The van der Waals surface area contributed by atoms with Crippen LogP contribution in [0.4, 0.5) is 0 Å². The van der Waals surface area contributed by atoms with Gasteiger partial charge in [0.25, 0.3) is 0 Å². The summed E-state index contributed by atoms with van der Waals surface area (Å²) in [4.78, 5) is 4.84. The van der Waals surface area contributed by atoms with Crippen molar-refractivity contribution in [3.8, 4) is 5.69 Å². The van der Waals surface area contributed by atoms with E-state index in [1.165, 1.54) is 41.4 Å². The summed E-state index contributed by atoms with van der Waals surface area (Å²) in [5, 5.41) is 2.55. The number of rotatable bonds is 5. The summed E-state index contributed by atoms with van der Waals surface area (Å²) in [5.41, 5.74) is 3.60. The van der Waals surface area contributed by atoms with Gasteiger partial charge < -0.3 is 4.57 Å². The van der Waals surface area contributed by atoms with Crippen molar-refractivity contribution in [2.24, 2.45) is 0 Å². The van der Waals surface area contributed by atoms with Crippen molar-refractivity contribution in [2.45, 2.75) is 19.6 Å². The summed E-state index contributed by atoms with van der Waals surface area (Å²) in [7, 11) is 0. The topological polar surface area (TPSA) is 4.93 Å². The van der Waals surface area contributed by atoms with Gasteiger partial charge >= 0.3 is 0 Å². The predicted octanol–water partition coefficient (Wildman–Crippen LogP) is 9.85. The fourth-order valence-electron chi connectivity index (χ4n) is 4.27. The molecule has 4 heteroatoms. The molecule has 0 fully saturated rings. The van der Waals surface area contributed by atoms with E-state index in [1.54, 1.807) is 23.5 Å². The molecule has 0 aliphatic rings. The highest BCUT2D eigenvalue weighted by Crippen LogP contribution is 2.44. The number of aromatic nitrogens is 1. The van der Waals surface area contributed by atoms with Crippen LogP contribution in [-0.2, 0) is 0 Å². The van der Waals surface area contributed by atoms with Crippen LogP contribution in [0.5, 0.6) is 0 Å². The number of nitrogens with zero attached hydrogens (tertiary/aromatic N) is 1. The maximum absolute atomic E-state index is 3.94. The molecule has 6 aromatic rings. The van der Waals surface area contributed by atoms with Crippen molar-refractivity contribution in [3.05, 3.63) is 126 Å². The zero-order chi connectivity index (χ0) is 22.9. The Labute approximate surface area is 215 Å². The van der Waals surface area contributed by atoms with Crippen LogP contribution in [0.3, 0.4) is 0 Å². The molecular formula is C30H20BrNS2. The van der Waals surface area contributed by atoms with Crippen LogP contribution in [0, 0.1) is 0 Å². The van der Waals surface area contributed by atoms with Crippen molar-refractivity contribution in [2.75, 3.05) is 0 Å². The molecule has 0 aliphatic carbocycles. The highest BCUT2D eigenvalue weighted by atomic mass is 79.9. The molecule has 1 heterocycles. The highest BCUT2D eigenvalue weighted by Gasteiger charge is 2.16. The predicted molar refractivity (Wildman–Crippen MR) is 150 cm³/mol. The van der Waals surface area contributed by atoms with E-state index >= 15 is 0 Å². The van der Waals surface area contributed by atoms with Crippen molar-refractivity contribution in [1.82, 2.24) is 4.57 Å². The van der Waals surface area contributed by atoms with Crippen molar-refractivity contribution in [1.29, 1.82) is 0 Å². The molecule has 0 unspecified atom stereocenters. The lowest BCUT2D eigenvalue weighted by Crippen LogP contribution is -1.96. The Balaban J connectivity index is 1.59. The van der Waals surface area contributed by atoms with Crippen LogP contribution >= 0.6 is 39.5 Å². The second kappa shape index (κ2) is 9.38. The van der Waals surface area contributed by atoms with Gasteiger partial charge in [0, 0.05) is 40.5 Å². The van der Waals surface area contributed by atoms with Crippen LogP contribution in [0.15, 0.2) is 145 Å². The van der Waals surface area contributed by atoms with Gasteiger partial charge in [0.05, 0.1) is 11.0 Å². The molecular weight excluding hydrogens is 518 g/mol. The van der Waals surface area contributed by atoms with Gasteiger partial charge in [-0.05, 0) is 64.5 Å². The number of halogens is 1. The average molecular weight is 539 g/mol. The van der Waals surface area contributed by atoms with Crippen LogP contribution in [0.25, 0.3) is 27.5 Å². The summed E-state index contributed by atoms with van der Waals surface area (Å²) < 4.78 is 3.51. The molecule has 0 aliphatic heterocycles. The van der Waals surface area contributed by atoms with E-state index in [9.17, 15) is 0 Å². The van der Waals surface area contributed by atoms with Gasteiger partial charge in [-0.2, -0.15) is 0 Å². The zero-order valence-electron chi connectivity index (χ0n) is 18.2. The van der Waals surface area contributed by atoms with Gasteiger partial charge in [-0.1, -0.05) is 96.3 Å². The number of para-hydroxylation sites is 2. The highest BCUT2D eigenvalue weighted by molar-refractivity contribution is 9.10. The maximum Gasteiger partial charge on any atom is 0.0541 e. The number of fused-ring (bicyclic) bond motifs is 3. The molecule has 0 atom stereocenters. The molecule has 5 aromatic carbocycles. The van der Waals surface area contributed by atoms with E-state index in [2.05, 4.69) is 142 Å². The van der Waals surface area contributed by atoms with Crippen LogP contribution < -0.4 is 0 Å². The number of hydrogen-bond acceptors (Lipinski definition) is 2. The van der Waals surface area contributed by atoms with Crippen LogP contribution in [0.1, 0.15) is 0 Å². The normalized spacial score (nSPS) is 11.3. The molecule has 1 nitrogen and oxygen atoms in total. The summed E-state index contributed by atoms with van der Waals surface area (Å²) >= 11 is 7.52. The number of hydrogen-bond donors (Lipinski definition) is 0. The molecule has 0 radical (unpaired) electrons. The molecule has 0 amide bonds. The average Bonchev–Trinajstić information content (AvgIpc) is 3.22. The zero-order valence-corrected chi connectivity index (χ0v) is 21.4. The number of benzene rings is 5. The second-order valence-corrected chi connectivity index (χ2v) is 11.0. The Morgan fingerprint density at radius 2 is 0.912 bits per heavy atom. The molecule has 0 saturated carbocycles. The van der Waals surface area contributed by atoms with Crippen molar-refractivity contribution < 1.29 is 0 Å². The first-order chi connectivity index (χ1) is 16.8. The van der Waals surface area contributed by atoms with E-state index in [-0.39, 0.29) is 0 Å². The Hall–Kier alpha value is -2.92. The Morgan fingerprint density at radius 1 is 0.500 bits per heavy atom. The van der Waals surface area contributed by atoms with Gasteiger partial charge in [0.1, 0.15) is 0 Å². The van der Waals surface area contributed by atoms with E-state index in [4.69, 9.17) is 0 Å². The molecule has 0 saturated heterocycles. The first-order valence-electron chi connectivity index (χ1n) is 11.1. The molecule has 164 valence electrons. The molecule has 0 N–H and O–H groups in total. The lowest BCUT2D eigenvalue weighted by molar-refractivity contribution is 1.12. The van der Waals surface area contributed by atoms with Gasteiger partial charge in [-0.3, -0.25) is 0 Å². The minimum atomic E-state index is 1.12. The first kappa shape index (κ1) is 21.6. The van der Waals surface area contributed by atoms with Gasteiger partial charge in [0.15, 0.2) is 0 Å². The lowest BCUT2D eigenvalue weighted by atomic mass is 10.2. The molecule has 6 rings (SSSR count). The van der Waals surface area contributed by atoms with E-state index in [1.807, 2.05) is 0 Å². The van der Waals surface area contributed by atoms with Crippen LogP contribution in [-0.4, -0.2) is 4.57 Å². The fraction of sp³-hybridized carbons (Fsp3) is 0. The third kappa shape index (κ3) is 4.07. The fourth-order valence-corrected chi connectivity index (χ4v) is 6.90. The maximum atomic E-state index is 3.94. The van der Waals surface area contributed by atoms with Gasteiger partial charge in [0.2, 0.25) is 0 Å². The monoisotopic (exact) mass is 537 g/mol. The second-order valence-electron chi connectivity index (χ2n) is 7.96. The third-order valence-corrected chi connectivity index (χ3v) is 9.25. The molecule has 0 spiro atoms. The Kier molecular flexibility index (Phi) is 5.96. The minimum Gasteiger partial charge on any atom is -0.309 e. The van der Waals surface area contributed by atoms with Gasteiger partial charge in [-0.15, -0.1) is 0 Å².